The molecule has 0 spiro atoms. The molecule has 7 unspecified atom stereocenters. The van der Waals surface area contributed by atoms with Crippen LogP contribution in [0.5, 0.6) is 0 Å². The van der Waals surface area contributed by atoms with Gasteiger partial charge in [-0.3, -0.25) is 0 Å². The standard InChI is InChI=1S/C26H43N5O2/c1-25-11-9-19(28-33-14-13-31-17-20(27-29-31)16-30(3)4)15-18(25)5-6-21-22-7-8-24(32)26(22,2)12-10-23(21)25/h17-18,21-24,32H,5-16H2,1-4H3. The third-order valence-corrected chi connectivity index (χ3v) is 10.1. The fraction of sp³-hybridized carbons (Fsp3) is 0.885. The van der Waals surface area contributed by atoms with Crippen LogP contribution in [0.2, 0.25) is 0 Å². The molecule has 0 saturated heterocycles. The number of hydrogen-bond acceptors (Lipinski definition) is 6. The molecule has 1 N–H and O–H groups in total. The summed E-state index contributed by atoms with van der Waals surface area (Å²) in [7, 11) is 4.06. The average Bonchev–Trinajstić information content (AvgIpc) is 3.34. The number of fused-ring (bicyclic) bond motifs is 5. The van der Waals surface area contributed by atoms with Crippen molar-refractivity contribution < 1.29 is 9.94 Å². The molecule has 1 heterocycles. The molecule has 4 fully saturated rings. The molecule has 33 heavy (non-hydrogen) atoms. The van der Waals surface area contributed by atoms with Crippen LogP contribution in [-0.4, -0.2) is 57.5 Å². The van der Waals surface area contributed by atoms with Gasteiger partial charge in [-0.05, 0) is 106 Å². The van der Waals surface area contributed by atoms with Gasteiger partial charge in [-0.25, -0.2) is 4.68 Å². The van der Waals surface area contributed by atoms with E-state index in [1.807, 2.05) is 25.0 Å². The Labute approximate surface area is 198 Å². The van der Waals surface area contributed by atoms with Gasteiger partial charge in [0.2, 0.25) is 0 Å². The van der Waals surface area contributed by atoms with Crippen molar-refractivity contribution in [3.63, 3.8) is 0 Å². The zero-order valence-corrected chi connectivity index (χ0v) is 21.0. The molecule has 7 heteroatoms. The number of aliphatic hydroxyl groups excluding tert-OH is 1. The molecule has 0 bridgehead atoms. The fourth-order valence-electron chi connectivity index (χ4n) is 8.23. The Hall–Kier alpha value is -1.47. The van der Waals surface area contributed by atoms with E-state index in [0.29, 0.717) is 18.6 Å². The van der Waals surface area contributed by atoms with Crippen LogP contribution in [0.25, 0.3) is 0 Å². The highest BCUT2D eigenvalue weighted by Crippen LogP contribution is 2.65. The van der Waals surface area contributed by atoms with E-state index in [0.717, 1.165) is 55.2 Å². The molecule has 1 aromatic rings. The van der Waals surface area contributed by atoms with Gasteiger partial charge in [0.1, 0.15) is 6.61 Å². The maximum Gasteiger partial charge on any atom is 0.136 e. The second-order valence-corrected chi connectivity index (χ2v) is 12.2. The first-order valence-corrected chi connectivity index (χ1v) is 13.2. The van der Waals surface area contributed by atoms with Crippen molar-refractivity contribution in [2.24, 2.45) is 39.7 Å². The SMILES string of the molecule is CN(C)Cc1cn(CCON=C2CCC3(C)C(CCC4C5CCC(O)C5(C)CCC43)C2)nn1. The minimum Gasteiger partial charge on any atom is -0.394 e. The van der Waals surface area contributed by atoms with Crippen LogP contribution in [-0.2, 0) is 17.9 Å². The van der Waals surface area contributed by atoms with Gasteiger partial charge in [0.15, 0.2) is 0 Å². The number of oxime groups is 1. The van der Waals surface area contributed by atoms with Gasteiger partial charge >= 0.3 is 0 Å². The van der Waals surface area contributed by atoms with Gasteiger partial charge in [-0.1, -0.05) is 24.2 Å². The molecule has 1 aromatic heterocycles. The number of nitrogens with zero attached hydrogens (tertiary/aromatic N) is 5. The van der Waals surface area contributed by atoms with Gasteiger partial charge in [-0.15, -0.1) is 5.10 Å². The van der Waals surface area contributed by atoms with E-state index in [-0.39, 0.29) is 11.5 Å². The lowest BCUT2D eigenvalue weighted by Crippen LogP contribution is -2.54. The van der Waals surface area contributed by atoms with Gasteiger partial charge in [-0.2, -0.15) is 0 Å². The van der Waals surface area contributed by atoms with Gasteiger partial charge in [0.25, 0.3) is 0 Å². The largest absolute Gasteiger partial charge is 0.394 e. The summed E-state index contributed by atoms with van der Waals surface area (Å²) in [4.78, 5) is 7.82. The van der Waals surface area contributed by atoms with Crippen LogP contribution in [0.4, 0.5) is 0 Å². The third kappa shape index (κ3) is 4.24. The molecule has 5 rings (SSSR count). The van der Waals surface area contributed by atoms with Crippen LogP contribution in [0.3, 0.4) is 0 Å². The lowest BCUT2D eigenvalue weighted by atomic mass is 9.45. The second kappa shape index (κ2) is 8.95. The minimum atomic E-state index is -0.0756. The average molecular weight is 458 g/mol. The molecule has 0 amide bonds. The van der Waals surface area contributed by atoms with Crippen molar-refractivity contribution in [1.82, 2.24) is 19.9 Å². The van der Waals surface area contributed by atoms with Crippen LogP contribution in [0.1, 0.15) is 77.3 Å². The Morgan fingerprint density at radius 3 is 2.76 bits per heavy atom. The Morgan fingerprint density at radius 2 is 1.94 bits per heavy atom. The predicted molar refractivity (Wildman–Crippen MR) is 129 cm³/mol. The summed E-state index contributed by atoms with van der Waals surface area (Å²) in [5.41, 5.74) is 2.83. The van der Waals surface area contributed by atoms with E-state index in [4.69, 9.17) is 4.84 Å². The highest BCUT2D eigenvalue weighted by atomic mass is 16.6. The van der Waals surface area contributed by atoms with Gasteiger partial charge < -0.3 is 14.8 Å². The van der Waals surface area contributed by atoms with E-state index < -0.39 is 0 Å². The van der Waals surface area contributed by atoms with E-state index in [1.54, 1.807) is 0 Å². The molecule has 7 nitrogen and oxygen atoms in total. The van der Waals surface area contributed by atoms with Crippen LogP contribution < -0.4 is 0 Å². The molecule has 7 atom stereocenters. The van der Waals surface area contributed by atoms with Crippen LogP contribution in [0, 0.1) is 34.5 Å². The van der Waals surface area contributed by atoms with E-state index in [9.17, 15) is 5.11 Å². The quantitative estimate of drug-likeness (QED) is 0.514. The molecule has 184 valence electrons. The lowest BCUT2D eigenvalue weighted by Gasteiger charge is -2.60. The second-order valence-electron chi connectivity index (χ2n) is 12.2. The Balaban J connectivity index is 1.15. The van der Waals surface area contributed by atoms with Gasteiger partial charge in [0, 0.05) is 12.7 Å². The van der Waals surface area contributed by atoms with Gasteiger partial charge in [0.05, 0.1) is 24.1 Å². The number of hydrogen-bond donors (Lipinski definition) is 1. The summed E-state index contributed by atoms with van der Waals surface area (Å²) in [5.74, 6) is 3.11. The van der Waals surface area contributed by atoms with E-state index in [1.165, 1.54) is 44.2 Å². The van der Waals surface area contributed by atoms with Crippen molar-refractivity contribution in [3.8, 4) is 0 Å². The molecule has 4 aliphatic rings. The summed E-state index contributed by atoms with van der Waals surface area (Å²) >= 11 is 0. The number of aliphatic hydroxyl groups is 1. The lowest BCUT2D eigenvalue weighted by molar-refractivity contribution is -0.112. The van der Waals surface area contributed by atoms with Crippen molar-refractivity contribution in [2.45, 2.75) is 90.8 Å². The zero-order valence-electron chi connectivity index (χ0n) is 21.0. The minimum absolute atomic E-state index is 0.0756. The molecule has 0 radical (unpaired) electrons. The number of aromatic nitrogens is 3. The first-order valence-electron chi connectivity index (χ1n) is 13.2. The van der Waals surface area contributed by atoms with E-state index >= 15 is 0 Å². The summed E-state index contributed by atoms with van der Waals surface area (Å²) in [6.45, 7) is 6.96. The topological polar surface area (TPSA) is 75.8 Å². The van der Waals surface area contributed by atoms with Crippen molar-refractivity contribution >= 4 is 5.71 Å². The monoisotopic (exact) mass is 457 g/mol. The van der Waals surface area contributed by atoms with Crippen molar-refractivity contribution in [3.05, 3.63) is 11.9 Å². The Kier molecular flexibility index (Phi) is 6.32. The molecule has 0 aromatic carbocycles. The maximum absolute atomic E-state index is 10.7. The predicted octanol–water partition coefficient (Wildman–Crippen LogP) is 4.12. The zero-order chi connectivity index (χ0) is 23.2. The number of rotatable bonds is 6. The molecular weight excluding hydrogens is 414 g/mol. The molecule has 4 saturated carbocycles. The Bertz CT molecular complexity index is 869. The normalized spacial score (nSPS) is 41.6. The molecular formula is C26H43N5O2. The van der Waals surface area contributed by atoms with Crippen molar-refractivity contribution in [1.29, 1.82) is 0 Å². The first kappa shape index (κ1) is 23.3. The van der Waals surface area contributed by atoms with Crippen LogP contribution >= 0.6 is 0 Å². The summed E-state index contributed by atoms with van der Waals surface area (Å²) < 4.78 is 1.84. The third-order valence-electron chi connectivity index (χ3n) is 10.1. The Morgan fingerprint density at radius 1 is 1.12 bits per heavy atom. The molecule has 4 aliphatic carbocycles. The summed E-state index contributed by atoms with van der Waals surface area (Å²) in [5, 5.41) is 23.6. The molecule has 0 aliphatic heterocycles. The maximum atomic E-state index is 10.7. The smallest absolute Gasteiger partial charge is 0.136 e. The first-order chi connectivity index (χ1) is 15.8. The van der Waals surface area contributed by atoms with Crippen LogP contribution in [0.15, 0.2) is 11.4 Å². The van der Waals surface area contributed by atoms with Crippen molar-refractivity contribution in [2.75, 3.05) is 20.7 Å². The highest BCUT2D eigenvalue weighted by Gasteiger charge is 2.59. The summed E-state index contributed by atoms with van der Waals surface area (Å²) in [6, 6.07) is 0. The summed E-state index contributed by atoms with van der Waals surface area (Å²) in [6.07, 6.45) is 12.7. The highest BCUT2D eigenvalue weighted by molar-refractivity contribution is 5.85. The fourth-order valence-corrected chi connectivity index (χ4v) is 8.23. The van der Waals surface area contributed by atoms with E-state index in [2.05, 4.69) is 34.2 Å².